The number of anilines is 1. The molecule has 0 fully saturated rings. The molecule has 0 unspecified atom stereocenters. The smallest absolute Gasteiger partial charge is 0.338 e. The number of aromatic nitrogens is 1. The molecule has 0 amide bonds. The number of nitrogens with zero attached hydrogens (tertiary/aromatic N) is 1. The average Bonchev–Trinajstić information content (AvgIpc) is 2.39. The molecule has 0 saturated heterocycles. The molecule has 0 aliphatic carbocycles. The van der Waals surface area contributed by atoms with Crippen LogP contribution in [-0.4, -0.2) is 22.6 Å². The van der Waals surface area contributed by atoms with E-state index in [4.69, 9.17) is 0 Å². The number of carbonyl (C=O) groups is 1. The zero-order valence-electron chi connectivity index (χ0n) is 10.1. The van der Waals surface area contributed by atoms with Gasteiger partial charge in [-0.15, -0.1) is 0 Å². The molecule has 19 heavy (non-hydrogen) atoms. The molecule has 2 aromatic rings. The highest BCUT2D eigenvalue weighted by atomic mass is 79.9. The molecular formula is C14H13BrN2O2. The molecule has 2 N–H and O–H groups in total. The van der Waals surface area contributed by atoms with E-state index in [1.54, 1.807) is 24.4 Å². The number of rotatable bonds is 5. The minimum absolute atomic E-state index is 0.253. The lowest BCUT2D eigenvalue weighted by molar-refractivity contribution is 0.0697. The Hall–Kier alpha value is -1.88. The number of nitrogens with one attached hydrogen (secondary N) is 1. The van der Waals surface area contributed by atoms with Crippen LogP contribution in [0.4, 0.5) is 5.69 Å². The summed E-state index contributed by atoms with van der Waals surface area (Å²) in [7, 11) is 0. The van der Waals surface area contributed by atoms with Gasteiger partial charge in [0, 0.05) is 35.0 Å². The van der Waals surface area contributed by atoms with Crippen molar-refractivity contribution in [2.24, 2.45) is 0 Å². The Kier molecular flexibility index (Phi) is 4.52. The number of aromatic carboxylic acids is 1. The lowest BCUT2D eigenvalue weighted by atomic mass is 10.1. The highest BCUT2D eigenvalue weighted by Gasteiger charge is 2.13. The molecule has 1 heterocycles. The predicted molar refractivity (Wildman–Crippen MR) is 77.5 cm³/mol. The summed E-state index contributed by atoms with van der Waals surface area (Å²) in [6.45, 7) is 0.633. The van der Waals surface area contributed by atoms with Gasteiger partial charge in [0.2, 0.25) is 0 Å². The van der Waals surface area contributed by atoms with Crippen molar-refractivity contribution in [1.82, 2.24) is 4.98 Å². The number of carboxylic acids is 1. The molecule has 1 aromatic carbocycles. The monoisotopic (exact) mass is 320 g/mol. The molecule has 0 aliphatic rings. The average molecular weight is 321 g/mol. The normalized spacial score (nSPS) is 10.2. The lowest BCUT2D eigenvalue weighted by Crippen LogP contribution is -2.10. The Bertz CT molecular complexity index is 573. The summed E-state index contributed by atoms with van der Waals surface area (Å²) >= 11 is 3.25. The van der Waals surface area contributed by atoms with E-state index in [0.717, 1.165) is 12.1 Å². The van der Waals surface area contributed by atoms with Gasteiger partial charge in [-0.3, -0.25) is 4.98 Å². The maximum absolute atomic E-state index is 11.2. The van der Waals surface area contributed by atoms with E-state index in [-0.39, 0.29) is 5.56 Å². The first-order valence-electron chi connectivity index (χ1n) is 5.84. The van der Waals surface area contributed by atoms with Gasteiger partial charge in [0.1, 0.15) is 0 Å². The Morgan fingerprint density at radius 3 is 2.79 bits per heavy atom. The van der Waals surface area contributed by atoms with Crippen LogP contribution in [-0.2, 0) is 6.42 Å². The Morgan fingerprint density at radius 1 is 1.26 bits per heavy atom. The quantitative estimate of drug-likeness (QED) is 0.888. The van der Waals surface area contributed by atoms with Crippen molar-refractivity contribution in [2.45, 2.75) is 6.42 Å². The van der Waals surface area contributed by atoms with E-state index >= 15 is 0 Å². The zero-order chi connectivity index (χ0) is 13.7. The molecule has 0 atom stereocenters. The molecule has 0 radical (unpaired) electrons. The molecule has 2 rings (SSSR count). The summed E-state index contributed by atoms with van der Waals surface area (Å²) in [6.07, 6.45) is 2.49. The van der Waals surface area contributed by atoms with E-state index in [9.17, 15) is 9.90 Å². The standard InChI is InChI=1S/C14H13BrN2O2/c15-11-5-3-6-12(13(11)14(18)19)17-9-7-10-4-1-2-8-16-10/h1-6,8,17H,7,9H2,(H,18,19). The van der Waals surface area contributed by atoms with Crippen molar-refractivity contribution < 1.29 is 9.90 Å². The van der Waals surface area contributed by atoms with Crippen molar-refractivity contribution in [2.75, 3.05) is 11.9 Å². The third kappa shape index (κ3) is 3.54. The second-order valence-electron chi connectivity index (χ2n) is 3.97. The summed E-state index contributed by atoms with van der Waals surface area (Å²) in [6, 6.07) is 11.0. The number of benzene rings is 1. The Balaban J connectivity index is 2.04. The summed E-state index contributed by atoms with van der Waals surface area (Å²) in [4.78, 5) is 15.4. The van der Waals surface area contributed by atoms with Crippen LogP contribution in [0.15, 0.2) is 47.1 Å². The van der Waals surface area contributed by atoms with Gasteiger partial charge < -0.3 is 10.4 Å². The topological polar surface area (TPSA) is 62.2 Å². The second-order valence-corrected chi connectivity index (χ2v) is 4.82. The zero-order valence-corrected chi connectivity index (χ0v) is 11.7. The molecule has 0 bridgehead atoms. The maximum atomic E-state index is 11.2. The predicted octanol–water partition coefficient (Wildman–Crippen LogP) is 3.20. The molecule has 1 aromatic heterocycles. The van der Waals surface area contributed by atoms with E-state index < -0.39 is 5.97 Å². The van der Waals surface area contributed by atoms with E-state index in [0.29, 0.717) is 16.7 Å². The fraction of sp³-hybridized carbons (Fsp3) is 0.143. The third-order valence-electron chi connectivity index (χ3n) is 2.65. The minimum atomic E-state index is -0.951. The SMILES string of the molecule is O=C(O)c1c(Br)cccc1NCCc1ccccn1. The van der Waals surface area contributed by atoms with Crippen LogP contribution in [0.3, 0.4) is 0 Å². The maximum Gasteiger partial charge on any atom is 0.338 e. The largest absolute Gasteiger partial charge is 0.478 e. The van der Waals surface area contributed by atoms with Gasteiger partial charge in [0.05, 0.1) is 5.56 Å². The van der Waals surface area contributed by atoms with Gasteiger partial charge in [-0.1, -0.05) is 12.1 Å². The summed E-state index contributed by atoms with van der Waals surface area (Å²) < 4.78 is 0.572. The number of hydrogen-bond acceptors (Lipinski definition) is 3. The van der Waals surface area contributed by atoms with Gasteiger partial charge in [0.25, 0.3) is 0 Å². The van der Waals surface area contributed by atoms with Gasteiger partial charge in [0.15, 0.2) is 0 Å². The Morgan fingerprint density at radius 2 is 2.11 bits per heavy atom. The summed E-state index contributed by atoms with van der Waals surface area (Å²) in [5.74, 6) is -0.951. The van der Waals surface area contributed by atoms with Crippen LogP contribution < -0.4 is 5.32 Å². The molecule has 0 aliphatic heterocycles. The van der Waals surface area contributed by atoms with E-state index in [1.807, 2.05) is 18.2 Å². The van der Waals surface area contributed by atoms with Gasteiger partial charge in [-0.25, -0.2) is 4.79 Å². The summed E-state index contributed by atoms with van der Waals surface area (Å²) in [5, 5.41) is 12.3. The summed E-state index contributed by atoms with van der Waals surface area (Å²) in [5.41, 5.74) is 1.84. The van der Waals surface area contributed by atoms with E-state index in [2.05, 4.69) is 26.2 Å². The highest BCUT2D eigenvalue weighted by Crippen LogP contribution is 2.24. The van der Waals surface area contributed by atoms with Crippen molar-refractivity contribution in [3.8, 4) is 0 Å². The van der Waals surface area contributed by atoms with Crippen molar-refractivity contribution in [3.63, 3.8) is 0 Å². The van der Waals surface area contributed by atoms with Crippen LogP contribution in [0, 0.1) is 0 Å². The van der Waals surface area contributed by atoms with Gasteiger partial charge in [-0.05, 0) is 40.2 Å². The van der Waals surface area contributed by atoms with Gasteiger partial charge in [-0.2, -0.15) is 0 Å². The first-order valence-corrected chi connectivity index (χ1v) is 6.63. The van der Waals surface area contributed by atoms with Crippen molar-refractivity contribution in [1.29, 1.82) is 0 Å². The first kappa shape index (κ1) is 13.5. The van der Waals surface area contributed by atoms with Crippen LogP contribution in [0.2, 0.25) is 0 Å². The molecule has 0 spiro atoms. The molecule has 98 valence electrons. The second kappa shape index (κ2) is 6.33. The van der Waals surface area contributed by atoms with Crippen LogP contribution in [0.25, 0.3) is 0 Å². The third-order valence-corrected chi connectivity index (χ3v) is 3.31. The van der Waals surface area contributed by atoms with Crippen molar-refractivity contribution in [3.05, 3.63) is 58.3 Å². The minimum Gasteiger partial charge on any atom is -0.478 e. The number of pyridine rings is 1. The van der Waals surface area contributed by atoms with Crippen LogP contribution in [0.1, 0.15) is 16.1 Å². The molecule has 5 heteroatoms. The van der Waals surface area contributed by atoms with Crippen LogP contribution in [0.5, 0.6) is 0 Å². The lowest BCUT2D eigenvalue weighted by Gasteiger charge is -2.10. The first-order chi connectivity index (χ1) is 9.18. The Labute approximate surface area is 119 Å². The molecular weight excluding hydrogens is 308 g/mol. The fourth-order valence-corrected chi connectivity index (χ4v) is 2.30. The van der Waals surface area contributed by atoms with Crippen molar-refractivity contribution >= 4 is 27.6 Å². The number of carboxylic acid groups (broad SMARTS) is 1. The van der Waals surface area contributed by atoms with E-state index in [1.165, 1.54) is 0 Å². The highest BCUT2D eigenvalue weighted by molar-refractivity contribution is 9.10. The van der Waals surface area contributed by atoms with Gasteiger partial charge >= 0.3 is 5.97 Å². The fourth-order valence-electron chi connectivity index (χ4n) is 1.76. The van der Waals surface area contributed by atoms with Crippen LogP contribution >= 0.6 is 15.9 Å². The molecule has 4 nitrogen and oxygen atoms in total. The molecule has 0 saturated carbocycles. The number of halogens is 1. The number of hydrogen-bond donors (Lipinski definition) is 2.